The zero-order valence-electron chi connectivity index (χ0n) is 9.20. The van der Waals surface area contributed by atoms with Gasteiger partial charge in [-0.15, -0.1) is 11.3 Å². The molecule has 84 valence electrons. The SMILES string of the molecule is CCOC(=O)CC#Cc1ccsc1C(C)=O. The smallest absolute Gasteiger partial charge is 0.317 e. The molecule has 0 radical (unpaired) electrons. The van der Waals surface area contributed by atoms with Crippen LogP contribution in [0.3, 0.4) is 0 Å². The highest BCUT2D eigenvalue weighted by atomic mass is 32.1. The first kappa shape index (κ1) is 12.5. The maximum absolute atomic E-state index is 11.2. The summed E-state index contributed by atoms with van der Waals surface area (Å²) < 4.78 is 4.73. The maximum atomic E-state index is 11.2. The monoisotopic (exact) mass is 236 g/mol. The van der Waals surface area contributed by atoms with Crippen molar-refractivity contribution < 1.29 is 14.3 Å². The van der Waals surface area contributed by atoms with Crippen LogP contribution in [0.25, 0.3) is 0 Å². The van der Waals surface area contributed by atoms with Gasteiger partial charge in [0.15, 0.2) is 5.78 Å². The number of esters is 1. The van der Waals surface area contributed by atoms with Gasteiger partial charge in [-0.1, -0.05) is 11.8 Å². The number of carbonyl (C=O) groups excluding carboxylic acids is 2. The predicted octanol–water partition coefficient (Wildman–Crippen LogP) is 2.26. The van der Waals surface area contributed by atoms with Gasteiger partial charge in [-0.05, 0) is 25.3 Å². The van der Waals surface area contributed by atoms with Crippen molar-refractivity contribution >= 4 is 23.1 Å². The molecule has 1 rings (SSSR count). The number of hydrogen-bond acceptors (Lipinski definition) is 4. The summed E-state index contributed by atoms with van der Waals surface area (Å²) in [6, 6.07) is 1.78. The van der Waals surface area contributed by atoms with Crippen molar-refractivity contribution in [1.29, 1.82) is 0 Å². The van der Waals surface area contributed by atoms with E-state index in [9.17, 15) is 9.59 Å². The van der Waals surface area contributed by atoms with Crippen LogP contribution >= 0.6 is 11.3 Å². The molecule has 16 heavy (non-hydrogen) atoms. The summed E-state index contributed by atoms with van der Waals surface area (Å²) in [5, 5.41) is 1.81. The third-order valence-corrected chi connectivity index (χ3v) is 2.76. The van der Waals surface area contributed by atoms with E-state index in [0.717, 1.165) is 0 Å². The van der Waals surface area contributed by atoms with Crippen LogP contribution in [0.1, 0.15) is 35.5 Å². The molecular weight excluding hydrogens is 224 g/mol. The molecule has 0 atom stereocenters. The van der Waals surface area contributed by atoms with E-state index < -0.39 is 0 Å². The summed E-state index contributed by atoms with van der Waals surface area (Å²) in [4.78, 5) is 22.8. The van der Waals surface area contributed by atoms with E-state index in [1.807, 2.05) is 5.38 Å². The molecule has 0 saturated heterocycles. The molecule has 0 bridgehead atoms. The van der Waals surface area contributed by atoms with Gasteiger partial charge in [0.05, 0.1) is 11.5 Å². The minimum absolute atomic E-state index is 0.00423. The Labute approximate surface area is 98.4 Å². The second-order valence-corrected chi connectivity index (χ2v) is 3.92. The van der Waals surface area contributed by atoms with E-state index in [4.69, 9.17) is 4.74 Å². The fourth-order valence-electron chi connectivity index (χ4n) is 1.10. The molecule has 1 aromatic heterocycles. The van der Waals surface area contributed by atoms with Crippen molar-refractivity contribution in [3.8, 4) is 11.8 Å². The fraction of sp³-hybridized carbons (Fsp3) is 0.333. The lowest BCUT2D eigenvalue weighted by Crippen LogP contribution is -2.01. The fourth-order valence-corrected chi connectivity index (χ4v) is 1.86. The Hall–Kier alpha value is -1.60. The third-order valence-electron chi connectivity index (χ3n) is 1.75. The molecule has 0 aromatic carbocycles. The van der Waals surface area contributed by atoms with Gasteiger partial charge in [-0.3, -0.25) is 9.59 Å². The Bertz CT molecular complexity index is 448. The van der Waals surface area contributed by atoms with Crippen LogP contribution in [0.4, 0.5) is 0 Å². The lowest BCUT2D eigenvalue weighted by Gasteiger charge is -1.94. The lowest BCUT2D eigenvalue weighted by molar-refractivity contribution is -0.141. The Morgan fingerprint density at radius 1 is 1.50 bits per heavy atom. The first-order valence-corrected chi connectivity index (χ1v) is 5.76. The van der Waals surface area contributed by atoms with Crippen molar-refractivity contribution in [2.24, 2.45) is 0 Å². The number of Topliss-reactive ketones (excluding diaryl/α,β-unsaturated/α-hetero) is 1. The van der Waals surface area contributed by atoms with Crippen LogP contribution in [0, 0.1) is 11.8 Å². The first-order chi connectivity index (χ1) is 7.65. The zero-order chi connectivity index (χ0) is 12.0. The maximum Gasteiger partial charge on any atom is 0.317 e. The second-order valence-electron chi connectivity index (χ2n) is 3.00. The molecule has 0 aliphatic rings. The number of carbonyl (C=O) groups is 2. The highest BCUT2D eigenvalue weighted by molar-refractivity contribution is 7.12. The molecule has 3 nitrogen and oxygen atoms in total. The van der Waals surface area contributed by atoms with E-state index in [1.165, 1.54) is 18.3 Å². The highest BCUT2D eigenvalue weighted by Gasteiger charge is 2.06. The molecular formula is C12H12O3S. The van der Waals surface area contributed by atoms with E-state index in [1.54, 1.807) is 13.0 Å². The molecule has 0 fully saturated rings. The van der Waals surface area contributed by atoms with Gasteiger partial charge in [-0.2, -0.15) is 0 Å². The van der Waals surface area contributed by atoms with Crippen molar-refractivity contribution in [3.63, 3.8) is 0 Å². The van der Waals surface area contributed by atoms with Crippen LogP contribution in [0.15, 0.2) is 11.4 Å². The molecule has 0 saturated carbocycles. The van der Waals surface area contributed by atoms with Gasteiger partial charge < -0.3 is 4.74 Å². The Balaban J connectivity index is 2.66. The van der Waals surface area contributed by atoms with E-state index in [0.29, 0.717) is 17.0 Å². The van der Waals surface area contributed by atoms with Gasteiger partial charge in [-0.25, -0.2) is 0 Å². The summed E-state index contributed by atoms with van der Waals surface area (Å²) in [5.74, 6) is 5.16. The number of ether oxygens (including phenoxy) is 1. The summed E-state index contributed by atoms with van der Waals surface area (Å²) in [6.45, 7) is 3.61. The molecule has 1 heterocycles. The summed E-state index contributed by atoms with van der Waals surface area (Å²) in [6.07, 6.45) is 0.0566. The molecule has 0 aliphatic carbocycles. The van der Waals surface area contributed by atoms with Gasteiger partial charge >= 0.3 is 5.97 Å². The number of hydrogen-bond donors (Lipinski definition) is 0. The third kappa shape index (κ3) is 3.52. The largest absolute Gasteiger partial charge is 0.465 e. The first-order valence-electron chi connectivity index (χ1n) is 4.88. The van der Waals surface area contributed by atoms with Gasteiger partial charge in [0.1, 0.15) is 6.42 Å². The molecule has 0 N–H and O–H groups in total. The van der Waals surface area contributed by atoms with Crippen LogP contribution in [-0.2, 0) is 9.53 Å². The quantitative estimate of drug-likeness (QED) is 0.459. The highest BCUT2D eigenvalue weighted by Crippen LogP contribution is 2.15. The van der Waals surface area contributed by atoms with Gasteiger partial charge in [0.2, 0.25) is 0 Å². The Kier molecular flexibility index (Phi) is 4.74. The van der Waals surface area contributed by atoms with Crippen LogP contribution in [0.2, 0.25) is 0 Å². The summed E-state index contributed by atoms with van der Waals surface area (Å²) in [5.41, 5.74) is 0.682. The van der Waals surface area contributed by atoms with E-state index in [-0.39, 0.29) is 18.2 Å². The van der Waals surface area contributed by atoms with Crippen molar-refractivity contribution in [1.82, 2.24) is 0 Å². The van der Waals surface area contributed by atoms with Gasteiger partial charge in [0, 0.05) is 5.56 Å². The molecule has 0 unspecified atom stereocenters. The second kappa shape index (κ2) is 6.09. The normalized spacial score (nSPS) is 9.12. The number of rotatable bonds is 3. The van der Waals surface area contributed by atoms with Crippen molar-refractivity contribution in [2.45, 2.75) is 20.3 Å². The average molecular weight is 236 g/mol. The van der Waals surface area contributed by atoms with E-state index in [2.05, 4.69) is 11.8 Å². The number of ketones is 1. The van der Waals surface area contributed by atoms with Crippen molar-refractivity contribution in [2.75, 3.05) is 6.61 Å². The Morgan fingerprint density at radius 2 is 2.25 bits per heavy atom. The topological polar surface area (TPSA) is 43.4 Å². The lowest BCUT2D eigenvalue weighted by atomic mass is 10.2. The minimum atomic E-state index is -0.338. The minimum Gasteiger partial charge on any atom is -0.465 e. The molecule has 1 aromatic rings. The summed E-state index contributed by atoms with van der Waals surface area (Å²) in [7, 11) is 0. The average Bonchev–Trinajstić information content (AvgIpc) is 2.66. The predicted molar refractivity (Wildman–Crippen MR) is 62.5 cm³/mol. The molecule has 0 spiro atoms. The Morgan fingerprint density at radius 3 is 2.88 bits per heavy atom. The molecule has 0 aliphatic heterocycles. The van der Waals surface area contributed by atoms with Crippen molar-refractivity contribution in [3.05, 3.63) is 21.9 Å². The van der Waals surface area contributed by atoms with Crippen LogP contribution < -0.4 is 0 Å². The van der Waals surface area contributed by atoms with Crippen LogP contribution in [-0.4, -0.2) is 18.4 Å². The van der Waals surface area contributed by atoms with E-state index >= 15 is 0 Å². The summed E-state index contributed by atoms with van der Waals surface area (Å²) >= 11 is 1.36. The molecule has 0 amide bonds. The molecule has 4 heteroatoms. The van der Waals surface area contributed by atoms with Crippen LogP contribution in [0.5, 0.6) is 0 Å². The number of thiophene rings is 1. The standard InChI is InChI=1S/C12H12O3S/c1-3-15-11(14)6-4-5-10-7-8-16-12(10)9(2)13/h7-8H,3,6H2,1-2H3. The zero-order valence-corrected chi connectivity index (χ0v) is 10.0. The van der Waals surface area contributed by atoms with Gasteiger partial charge in [0.25, 0.3) is 0 Å².